The Morgan fingerprint density at radius 3 is 2.76 bits per heavy atom. The van der Waals surface area contributed by atoms with Crippen molar-refractivity contribution >= 4 is 27.8 Å². The first-order valence-corrected chi connectivity index (χ1v) is 10.1. The lowest BCUT2D eigenvalue weighted by Crippen LogP contribution is -2.54. The Hall–Kier alpha value is -1.36. The second-order valence-electron chi connectivity index (χ2n) is 7.65. The van der Waals surface area contributed by atoms with Gasteiger partial charge in [-0.25, -0.2) is 4.79 Å². The van der Waals surface area contributed by atoms with Crippen LogP contribution < -0.4 is 0 Å². The average molecular weight is 406 g/mol. The van der Waals surface area contributed by atoms with E-state index in [0.29, 0.717) is 23.8 Å². The molecular weight excluding hydrogens is 382 g/mol. The molecule has 1 aromatic carbocycles. The molecule has 1 spiro atoms. The van der Waals surface area contributed by atoms with Gasteiger partial charge in [-0.3, -0.25) is 4.79 Å². The summed E-state index contributed by atoms with van der Waals surface area (Å²) in [5.74, 6) is 0.574. The van der Waals surface area contributed by atoms with E-state index in [-0.39, 0.29) is 17.6 Å². The lowest BCUT2D eigenvalue weighted by molar-refractivity contribution is -0.138. The number of carbonyl (C=O) groups is 2. The Bertz CT molecular complexity index is 674. The molecule has 3 aliphatic rings. The minimum atomic E-state index is -0.235. The predicted molar refractivity (Wildman–Crippen MR) is 98.2 cm³/mol. The van der Waals surface area contributed by atoms with Gasteiger partial charge in [-0.15, -0.1) is 0 Å². The van der Waals surface area contributed by atoms with Gasteiger partial charge in [0.1, 0.15) is 6.10 Å². The van der Waals surface area contributed by atoms with Crippen LogP contribution in [0.3, 0.4) is 0 Å². The number of benzene rings is 1. The van der Waals surface area contributed by atoms with E-state index in [0.717, 1.165) is 56.0 Å². The van der Waals surface area contributed by atoms with E-state index in [9.17, 15) is 9.59 Å². The highest BCUT2D eigenvalue weighted by atomic mass is 79.9. The first kappa shape index (κ1) is 17.1. The van der Waals surface area contributed by atoms with Crippen LogP contribution in [-0.4, -0.2) is 35.0 Å². The molecule has 3 fully saturated rings. The zero-order chi connectivity index (χ0) is 17.4. The smallest absolute Gasteiger partial charge is 0.338 e. The molecule has 1 aromatic rings. The number of halogens is 1. The maximum absolute atomic E-state index is 12.5. The molecule has 1 amide bonds. The van der Waals surface area contributed by atoms with E-state index in [4.69, 9.17) is 4.74 Å². The summed E-state index contributed by atoms with van der Waals surface area (Å²) in [5, 5.41) is 0. The molecule has 0 bridgehead atoms. The van der Waals surface area contributed by atoms with Crippen LogP contribution >= 0.6 is 15.9 Å². The molecule has 1 aliphatic carbocycles. The maximum atomic E-state index is 12.5. The van der Waals surface area contributed by atoms with Crippen molar-refractivity contribution < 1.29 is 14.3 Å². The van der Waals surface area contributed by atoms with Gasteiger partial charge in [0.15, 0.2) is 0 Å². The summed E-state index contributed by atoms with van der Waals surface area (Å²) in [5.41, 5.74) is 0.649. The highest BCUT2D eigenvalue weighted by molar-refractivity contribution is 9.10. The van der Waals surface area contributed by atoms with Crippen molar-refractivity contribution in [3.63, 3.8) is 0 Å². The first-order chi connectivity index (χ1) is 12.1. The molecule has 4 nitrogen and oxygen atoms in total. The van der Waals surface area contributed by atoms with Gasteiger partial charge in [-0.1, -0.05) is 15.9 Å². The number of nitrogens with zero attached hydrogens (tertiary/aromatic N) is 1. The summed E-state index contributed by atoms with van der Waals surface area (Å²) in [6.07, 6.45) is 7.67. The number of hydrogen-bond donors (Lipinski definition) is 0. The van der Waals surface area contributed by atoms with Gasteiger partial charge >= 0.3 is 5.97 Å². The molecular formula is C20H24BrNO3. The van der Waals surface area contributed by atoms with Crippen molar-refractivity contribution in [1.29, 1.82) is 0 Å². The predicted octanol–water partition coefficient (Wildman–Crippen LogP) is 4.32. The van der Waals surface area contributed by atoms with Crippen molar-refractivity contribution in [2.24, 2.45) is 5.92 Å². The Morgan fingerprint density at radius 1 is 1.16 bits per heavy atom. The molecule has 3 atom stereocenters. The van der Waals surface area contributed by atoms with Crippen molar-refractivity contribution in [1.82, 2.24) is 4.90 Å². The van der Waals surface area contributed by atoms with E-state index in [2.05, 4.69) is 20.8 Å². The Labute approximate surface area is 157 Å². The van der Waals surface area contributed by atoms with Gasteiger partial charge in [0.05, 0.1) is 5.56 Å². The fourth-order valence-electron chi connectivity index (χ4n) is 5.16. The number of esters is 1. The average Bonchev–Trinajstić information content (AvgIpc) is 2.97. The minimum absolute atomic E-state index is 0.0255. The Kier molecular flexibility index (Phi) is 4.61. The van der Waals surface area contributed by atoms with Crippen LogP contribution in [0.1, 0.15) is 61.7 Å². The lowest BCUT2D eigenvalue weighted by Gasteiger charge is -2.48. The number of rotatable bonds is 2. The Morgan fingerprint density at radius 2 is 1.96 bits per heavy atom. The van der Waals surface area contributed by atoms with Crippen LogP contribution in [0, 0.1) is 5.92 Å². The summed E-state index contributed by atoms with van der Waals surface area (Å²) in [6.45, 7) is 0.915. The second kappa shape index (κ2) is 6.75. The third-order valence-electron chi connectivity index (χ3n) is 6.33. The normalized spacial score (nSPS) is 31.9. The number of hydrogen-bond acceptors (Lipinski definition) is 3. The van der Waals surface area contributed by atoms with Crippen LogP contribution in [-0.2, 0) is 9.53 Å². The van der Waals surface area contributed by atoms with Crippen molar-refractivity contribution in [3.05, 3.63) is 34.3 Å². The van der Waals surface area contributed by atoms with Crippen LogP contribution in [0.2, 0.25) is 0 Å². The third-order valence-corrected chi connectivity index (χ3v) is 6.86. The van der Waals surface area contributed by atoms with Crippen LogP contribution in [0.4, 0.5) is 0 Å². The molecule has 4 rings (SSSR count). The third kappa shape index (κ3) is 3.12. The highest BCUT2D eigenvalue weighted by Gasteiger charge is 2.52. The molecule has 2 saturated heterocycles. The standard InChI is InChI=1S/C20H24BrNO3/c21-16-7-5-14(6-8-16)19(24)25-17-9-11-20-10-2-12-22(20)18(23)4-1-3-15(20)13-17/h5-8,15,17H,1-4,9-13H2/t15-,17-,20+/m0/s1. The maximum Gasteiger partial charge on any atom is 0.338 e. The number of carbonyl (C=O) groups excluding carboxylic acids is 2. The monoisotopic (exact) mass is 405 g/mol. The van der Waals surface area contributed by atoms with Gasteiger partial charge in [0, 0.05) is 23.0 Å². The fourth-order valence-corrected chi connectivity index (χ4v) is 5.43. The van der Waals surface area contributed by atoms with Gasteiger partial charge in [-0.2, -0.15) is 0 Å². The lowest BCUT2D eigenvalue weighted by atomic mass is 9.69. The van der Waals surface area contributed by atoms with Crippen molar-refractivity contribution in [3.8, 4) is 0 Å². The summed E-state index contributed by atoms with van der Waals surface area (Å²) >= 11 is 3.38. The molecule has 5 heteroatoms. The van der Waals surface area contributed by atoms with Gasteiger partial charge in [-0.05, 0) is 75.1 Å². The molecule has 0 aromatic heterocycles. The molecule has 25 heavy (non-hydrogen) atoms. The van der Waals surface area contributed by atoms with E-state index in [1.54, 1.807) is 12.1 Å². The van der Waals surface area contributed by atoms with Gasteiger partial charge in [0.2, 0.25) is 5.91 Å². The molecule has 0 radical (unpaired) electrons. The molecule has 134 valence electrons. The largest absolute Gasteiger partial charge is 0.459 e. The first-order valence-electron chi connectivity index (χ1n) is 9.35. The number of ether oxygens (including phenoxy) is 1. The van der Waals surface area contributed by atoms with Gasteiger partial charge in [0.25, 0.3) is 0 Å². The summed E-state index contributed by atoms with van der Waals surface area (Å²) in [7, 11) is 0. The fraction of sp³-hybridized carbons (Fsp3) is 0.600. The Balaban J connectivity index is 1.46. The minimum Gasteiger partial charge on any atom is -0.459 e. The van der Waals surface area contributed by atoms with Crippen LogP contribution in [0.5, 0.6) is 0 Å². The SMILES string of the molecule is O=C(O[C@H]1CC[C@@]23CCCN2C(=O)CCC[C@H]3C1)c1ccc(Br)cc1. The summed E-state index contributed by atoms with van der Waals surface area (Å²) in [6, 6.07) is 7.30. The molecule has 2 heterocycles. The zero-order valence-corrected chi connectivity index (χ0v) is 16.0. The molecule has 1 saturated carbocycles. The molecule has 2 aliphatic heterocycles. The van der Waals surface area contributed by atoms with Crippen molar-refractivity contribution in [2.75, 3.05) is 6.54 Å². The summed E-state index contributed by atoms with van der Waals surface area (Å²) < 4.78 is 6.77. The van der Waals surface area contributed by atoms with E-state index in [1.165, 1.54) is 0 Å². The summed E-state index contributed by atoms with van der Waals surface area (Å²) in [4.78, 5) is 27.1. The van der Waals surface area contributed by atoms with Gasteiger partial charge < -0.3 is 9.64 Å². The van der Waals surface area contributed by atoms with E-state index in [1.807, 2.05) is 12.1 Å². The van der Waals surface area contributed by atoms with Crippen LogP contribution in [0.15, 0.2) is 28.7 Å². The topological polar surface area (TPSA) is 46.6 Å². The van der Waals surface area contributed by atoms with Crippen molar-refractivity contribution in [2.45, 2.75) is 63.0 Å². The van der Waals surface area contributed by atoms with Crippen LogP contribution in [0.25, 0.3) is 0 Å². The van der Waals surface area contributed by atoms with E-state index < -0.39 is 0 Å². The molecule has 0 N–H and O–H groups in total. The second-order valence-corrected chi connectivity index (χ2v) is 8.57. The quantitative estimate of drug-likeness (QED) is 0.688. The zero-order valence-electron chi connectivity index (χ0n) is 14.4. The van der Waals surface area contributed by atoms with E-state index >= 15 is 0 Å². The highest BCUT2D eigenvalue weighted by Crippen LogP contribution is 2.49. The molecule has 0 unspecified atom stereocenters. The number of amides is 1.